The predicted molar refractivity (Wildman–Crippen MR) is 98.7 cm³/mol. The second-order valence-corrected chi connectivity index (χ2v) is 6.70. The van der Waals surface area contributed by atoms with Crippen molar-refractivity contribution in [2.45, 2.75) is 39.0 Å². The first-order valence-electron chi connectivity index (χ1n) is 9.01. The van der Waals surface area contributed by atoms with Crippen molar-refractivity contribution >= 4 is 10.8 Å². The molecule has 0 fully saturated rings. The highest BCUT2D eigenvalue weighted by atomic mass is 19.1. The third-order valence-electron chi connectivity index (χ3n) is 4.70. The fourth-order valence-electron chi connectivity index (χ4n) is 3.31. The summed E-state index contributed by atoms with van der Waals surface area (Å²) in [4.78, 5) is 0. The van der Waals surface area contributed by atoms with E-state index >= 15 is 0 Å². The van der Waals surface area contributed by atoms with E-state index in [0.717, 1.165) is 37.8 Å². The Morgan fingerprint density at radius 3 is 2.19 bits per heavy atom. The van der Waals surface area contributed by atoms with Gasteiger partial charge in [-0.3, -0.25) is 0 Å². The third kappa shape index (κ3) is 3.92. The molecule has 0 saturated heterocycles. The Morgan fingerprint density at radius 1 is 0.815 bits per heavy atom. The molecule has 27 heavy (non-hydrogen) atoms. The minimum absolute atomic E-state index is 0.0161. The number of benzene rings is 3. The van der Waals surface area contributed by atoms with Gasteiger partial charge in [0.2, 0.25) is 0 Å². The third-order valence-corrected chi connectivity index (χ3v) is 4.70. The van der Waals surface area contributed by atoms with Crippen molar-refractivity contribution < 1.29 is 22.7 Å². The van der Waals surface area contributed by atoms with E-state index in [0.29, 0.717) is 12.0 Å². The summed E-state index contributed by atoms with van der Waals surface area (Å²) in [5.41, 5.74) is 0.196. The van der Waals surface area contributed by atoms with Crippen molar-refractivity contribution in [2.75, 3.05) is 0 Å². The second kappa shape index (κ2) is 7.99. The first-order valence-corrected chi connectivity index (χ1v) is 9.01. The summed E-state index contributed by atoms with van der Waals surface area (Å²) in [5.74, 6) is -4.32. The Hall–Kier alpha value is -2.56. The van der Waals surface area contributed by atoms with E-state index < -0.39 is 34.4 Å². The fraction of sp³-hybridized carbons (Fsp3) is 0.273. The largest absolute Gasteiger partial charge is 0.505 e. The van der Waals surface area contributed by atoms with Crippen molar-refractivity contribution in [3.05, 3.63) is 65.2 Å². The molecule has 0 aliphatic heterocycles. The molecule has 0 spiro atoms. The average molecular weight is 376 g/mol. The molecule has 0 radical (unpaired) electrons. The van der Waals surface area contributed by atoms with Crippen LogP contribution in [0.25, 0.3) is 21.9 Å². The molecule has 0 aromatic heterocycles. The van der Waals surface area contributed by atoms with Crippen LogP contribution >= 0.6 is 0 Å². The van der Waals surface area contributed by atoms with E-state index in [1.165, 1.54) is 24.3 Å². The molecule has 3 aromatic carbocycles. The van der Waals surface area contributed by atoms with E-state index in [1.54, 1.807) is 0 Å². The summed E-state index contributed by atoms with van der Waals surface area (Å²) in [6.07, 6.45) is 4.57. The molecule has 0 unspecified atom stereocenters. The van der Waals surface area contributed by atoms with E-state index in [9.17, 15) is 22.7 Å². The molecule has 3 aromatic rings. The van der Waals surface area contributed by atoms with Gasteiger partial charge in [-0.15, -0.1) is 0 Å². The molecule has 0 atom stereocenters. The van der Waals surface area contributed by atoms with Gasteiger partial charge in [0.25, 0.3) is 0 Å². The van der Waals surface area contributed by atoms with Gasteiger partial charge >= 0.3 is 0 Å². The second-order valence-electron chi connectivity index (χ2n) is 6.70. The number of fused-ring (bicyclic) bond motifs is 1. The molecule has 1 nitrogen and oxygen atoms in total. The maximum atomic E-state index is 14.6. The van der Waals surface area contributed by atoms with Gasteiger partial charge in [-0.2, -0.15) is 0 Å². The predicted octanol–water partition coefficient (Wildman–Crippen LogP) is 6.89. The Balaban J connectivity index is 2.00. The van der Waals surface area contributed by atoms with Crippen LogP contribution in [0.2, 0.25) is 0 Å². The Morgan fingerprint density at radius 2 is 1.52 bits per heavy atom. The lowest BCUT2D eigenvalue weighted by Gasteiger charge is -2.11. The monoisotopic (exact) mass is 376 g/mol. The van der Waals surface area contributed by atoms with Gasteiger partial charge in [-0.05, 0) is 59.7 Å². The van der Waals surface area contributed by atoms with Gasteiger partial charge < -0.3 is 5.11 Å². The molecular formula is C22H20F4O. The number of halogens is 4. The molecule has 3 rings (SSSR count). The van der Waals surface area contributed by atoms with Crippen LogP contribution in [0.1, 0.15) is 38.2 Å². The summed E-state index contributed by atoms with van der Waals surface area (Å²) < 4.78 is 57.4. The highest BCUT2D eigenvalue weighted by Gasteiger charge is 2.18. The Labute approximate surface area is 155 Å². The van der Waals surface area contributed by atoms with Gasteiger partial charge in [0, 0.05) is 0 Å². The SMILES string of the molecule is CCCCCCc1cc(F)c(-c2cc(F)c3c(F)c(O)ccc3c2)c(F)c1. The first-order chi connectivity index (χ1) is 12.9. The molecule has 0 heterocycles. The summed E-state index contributed by atoms with van der Waals surface area (Å²) in [7, 11) is 0. The standard InChI is InChI=1S/C22H20F4O/c1-2-3-4-5-6-13-9-16(23)20(17(24)10-13)15-11-14-7-8-19(27)22(26)21(14)18(25)12-15/h7-12,27H,2-6H2,1H3. The Kier molecular flexibility index (Phi) is 5.68. The van der Waals surface area contributed by atoms with Crippen LogP contribution in [-0.4, -0.2) is 5.11 Å². The average Bonchev–Trinajstić information content (AvgIpc) is 2.61. The van der Waals surface area contributed by atoms with Crippen molar-refractivity contribution in [2.24, 2.45) is 0 Å². The molecular weight excluding hydrogens is 356 g/mol. The van der Waals surface area contributed by atoms with E-state index in [4.69, 9.17) is 0 Å². The van der Waals surface area contributed by atoms with Crippen LogP contribution < -0.4 is 0 Å². The van der Waals surface area contributed by atoms with Crippen LogP contribution in [0.4, 0.5) is 17.6 Å². The van der Waals surface area contributed by atoms with Gasteiger partial charge in [-0.1, -0.05) is 32.3 Å². The number of aromatic hydroxyl groups is 1. The number of hydrogen-bond acceptors (Lipinski definition) is 1. The summed E-state index contributed by atoms with van der Waals surface area (Å²) in [6.45, 7) is 2.09. The molecule has 142 valence electrons. The minimum atomic E-state index is -1.10. The molecule has 0 aliphatic carbocycles. The zero-order valence-corrected chi connectivity index (χ0v) is 15.0. The first kappa shape index (κ1) is 19.2. The van der Waals surface area contributed by atoms with Gasteiger partial charge in [-0.25, -0.2) is 17.6 Å². The van der Waals surface area contributed by atoms with Crippen LogP contribution in [0.15, 0.2) is 36.4 Å². The van der Waals surface area contributed by atoms with Gasteiger partial charge in [0.15, 0.2) is 11.6 Å². The topological polar surface area (TPSA) is 20.2 Å². The van der Waals surface area contributed by atoms with Crippen molar-refractivity contribution in [3.63, 3.8) is 0 Å². The number of unbranched alkanes of at least 4 members (excludes halogenated alkanes) is 3. The lowest BCUT2D eigenvalue weighted by Crippen LogP contribution is -1.97. The Bertz CT molecular complexity index is 959. The smallest absolute Gasteiger partial charge is 0.175 e. The molecule has 0 aliphatic rings. The molecule has 0 saturated carbocycles. The van der Waals surface area contributed by atoms with Crippen molar-refractivity contribution in [1.82, 2.24) is 0 Å². The van der Waals surface area contributed by atoms with Crippen molar-refractivity contribution in [3.8, 4) is 16.9 Å². The van der Waals surface area contributed by atoms with E-state index in [1.807, 2.05) is 0 Å². The summed E-state index contributed by atoms with van der Waals surface area (Å²) in [5, 5.41) is 9.09. The van der Waals surface area contributed by atoms with Crippen LogP contribution in [0.5, 0.6) is 5.75 Å². The quantitative estimate of drug-likeness (QED) is 0.367. The highest BCUT2D eigenvalue weighted by molar-refractivity contribution is 5.89. The van der Waals surface area contributed by atoms with Gasteiger partial charge in [0.1, 0.15) is 17.5 Å². The lowest BCUT2D eigenvalue weighted by atomic mass is 9.97. The number of aryl methyl sites for hydroxylation is 1. The van der Waals surface area contributed by atoms with E-state index in [2.05, 4.69) is 6.92 Å². The van der Waals surface area contributed by atoms with Gasteiger partial charge in [0.05, 0.1) is 10.9 Å². The minimum Gasteiger partial charge on any atom is -0.505 e. The fourth-order valence-corrected chi connectivity index (χ4v) is 3.31. The van der Waals surface area contributed by atoms with E-state index in [-0.39, 0.29) is 16.5 Å². The van der Waals surface area contributed by atoms with Crippen LogP contribution in [0, 0.1) is 23.3 Å². The number of phenols is 1. The molecule has 5 heteroatoms. The maximum Gasteiger partial charge on any atom is 0.175 e. The van der Waals surface area contributed by atoms with Crippen molar-refractivity contribution in [1.29, 1.82) is 0 Å². The normalized spacial score (nSPS) is 11.3. The zero-order valence-electron chi connectivity index (χ0n) is 15.0. The number of hydrogen-bond donors (Lipinski definition) is 1. The molecule has 1 N–H and O–H groups in total. The van der Waals surface area contributed by atoms with Crippen LogP contribution in [0.3, 0.4) is 0 Å². The molecule has 0 amide bonds. The van der Waals surface area contributed by atoms with Crippen LogP contribution in [-0.2, 0) is 6.42 Å². The molecule has 0 bridgehead atoms. The number of rotatable bonds is 6. The zero-order chi connectivity index (χ0) is 19.6. The summed E-state index contributed by atoms with van der Waals surface area (Å²) >= 11 is 0. The lowest BCUT2D eigenvalue weighted by molar-refractivity contribution is 0.435. The number of phenolic OH excluding ortho intramolecular Hbond substituents is 1. The highest BCUT2D eigenvalue weighted by Crippen LogP contribution is 2.34. The maximum absolute atomic E-state index is 14.6. The summed E-state index contributed by atoms with van der Waals surface area (Å²) in [6, 6.07) is 7.11.